The highest BCUT2D eigenvalue weighted by Crippen LogP contribution is 2.16. The third-order valence-corrected chi connectivity index (χ3v) is 3.82. The first-order chi connectivity index (χ1) is 12.1. The Morgan fingerprint density at radius 1 is 1.24 bits per heavy atom. The molecule has 0 aliphatic heterocycles. The summed E-state index contributed by atoms with van der Waals surface area (Å²) in [5.41, 5.74) is 1.46. The van der Waals surface area contributed by atoms with E-state index in [4.69, 9.17) is 20.8 Å². The number of nitrogens with zero attached hydrogens (tertiary/aromatic N) is 2. The first-order valence-electron chi connectivity index (χ1n) is 7.79. The molecule has 0 unspecified atom stereocenters. The number of hydrogen-bond acceptors (Lipinski definition) is 4. The molecule has 2 aromatic carbocycles. The molecule has 0 N–H and O–H groups in total. The fourth-order valence-corrected chi connectivity index (χ4v) is 2.30. The van der Waals surface area contributed by atoms with E-state index in [1.807, 2.05) is 24.3 Å². The van der Waals surface area contributed by atoms with Gasteiger partial charge in [-0.25, -0.2) is 4.98 Å². The Hall–Kier alpha value is -2.79. The molecular weight excluding hydrogens is 340 g/mol. The number of oxazole rings is 1. The van der Waals surface area contributed by atoms with Gasteiger partial charge in [-0.2, -0.15) is 0 Å². The van der Waals surface area contributed by atoms with Crippen LogP contribution in [0, 0.1) is 0 Å². The van der Waals surface area contributed by atoms with Crippen LogP contribution in [-0.2, 0) is 4.79 Å². The molecule has 0 aliphatic rings. The van der Waals surface area contributed by atoms with Crippen LogP contribution in [0.5, 0.6) is 5.75 Å². The van der Waals surface area contributed by atoms with Gasteiger partial charge >= 0.3 is 0 Å². The van der Waals surface area contributed by atoms with E-state index in [1.165, 1.54) is 6.08 Å². The minimum atomic E-state index is -0.151. The van der Waals surface area contributed by atoms with E-state index in [9.17, 15) is 4.79 Å². The molecule has 0 aliphatic carbocycles. The van der Waals surface area contributed by atoms with Crippen molar-refractivity contribution in [2.75, 3.05) is 20.2 Å². The number of hydrogen-bond donors (Lipinski definition) is 0. The van der Waals surface area contributed by atoms with Gasteiger partial charge in [0.1, 0.15) is 17.9 Å². The highest BCUT2D eigenvalue weighted by molar-refractivity contribution is 6.30. The molecule has 5 nitrogen and oxygen atoms in total. The van der Waals surface area contributed by atoms with E-state index < -0.39 is 0 Å². The molecule has 6 heteroatoms. The fourth-order valence-electron chi connectivity index (χ4n) is 2.17. The van der Waals surface area contributed by atoms with Gasteiger partial charge < -0.3 is 14.1 Å². The number of halogens is 1. The number of amides is 1. The van der Waals surface area contributed by atoms with Crippen LogP contribution in [0.3, 0.4) is 0 Å². The zero-order valence-electron chi connectivity index (χ0n) is 13.7. The Morgan fingerprint density at radius 2 is 2.00 bits per heavy atom. The monoisotopic (exact) mass is 356 g/mol. The average Bonchev–Trinajstić information content (AvgIpc) is 3.04. The van der Waals surface area contributed by atoms with Crippen molar-refractivity contribution < 1.29 is 13.9 Å². The van der Waals surface area contributed by atoms with Crippen molar-refractivity contribution in [3.8, 4) is 5.75 Å². The molecule has 0 spiro atoms. The molecule has 0 saturated heterocycles. The normalized spacial score (nSPS) is 11.1. The maximum Gasteiger partial charge on any atom is 0.246 e. The average molecular weight is 357 g/mol. The van der Waals surface area contributed by atoms with Crippen molar-refractivity contribution >= 4 is 34.7 Å². The number of carbonyl (C=O) groups is 1. The van der Waals surface area contributed by atoms with E-state index in [2.05, 4.69) is 4.98 Å². The second-order valence-electron chi connectivity index (χ2n) is 5.42. The van der Waals surface area contributed by atoms with Crippen molar-refractivity contribution in [3.63, 3.8) is 0 Å². The van der Waals surface area contributed by atoms with Crippen LogP contribution in [0.25, 0.3) is 17.2 Å². The Bertz CT molecular complexity index is 854. The second-order valence-corrected chi connectivity index (χ2v) is 5.85. The third-order valence-electron chi connectivity index (χ3n) is 3.56. The molecule has 1 heterocycles. The predicted octanol–water partition coefficient (Wildman–Crippen LogP) is 4.03. The summed E-state index contributed by atoms with van der Waals surface area (Å²) in [7, 11) is 1.71. The van der Waals surface area contributed by atoms with Crippen molar-refractivity contribution in [3.05, 3.63) is 65.5 Å². The minimum Gasteiger partial charge on any atom is -0.492 e. The number of para-hydroxylation sites is 2. The molecule has 0 bridgehead atoms. The van der Waals surface area contributed by atoms with Gasteiger partial charge in [-0.3, -0.25) is 4.79 Å². The zero-order chi connectivity index (χ0) is 17.6. The molecule has 0 saturated carbocycles. The van der Waals surface area contributed by atoms with Crippen LogP contribution in [0.15, 0.2) is 59.0 Å². The van der Waals surface area contributed by atoms with Gasteiger partial charge in [0.2, 0.25) is 11.8 Å². The lowest BCUT2D eigenvalue weighted by Crippen LogP contribution is -2.29. The van der Waals surface area contributed by atoms with E-state index >= 15 is 0 Å². The van der Waals surface area contributed by atoms with Crippen LogP contribution in [0.2, 0.25) is 5.02 Å². The lowest BCUT2D eigenvalue weighted by Gasteiger charge is -2.15. The maximum absolute atomic E-state index is 12.1. The number of likely N-dealkylation sites (N-methyl/N-ethyl adjacent to an activating group) is 1. The summed E-state index contributed by atoms with van der Waals surface area (Å²) in [4.78, 5) is 18.0. The number of carbonyl (C=O) groups excluding carboxylic acids is 1. The van der Waals surface area contributed by atoms with Crippen LogP contribution in [0.1, 0.15) is 5.89 Å². The molecule has 0 atom stereocenters. The summed E-state index contributed by atoms with van der Waals surface area (Å²) in [6.45, 7) is 0.847. The van der Waals surface area contributed by atoms with Crippen molar-refractivity contribution in [1.82, 2.24) is 9.88 Å². The van der Waals surface area contributed by atoms with Crippen LogP contribution in [-0.4, -0.2) is 36.0 Å². The maximum atomic E-state index is 12.1. The van der Waals surface area contributed by atoms with Crippen molar-refractivity contribution in [2.24, 2.45) is 0 Å². The van der Waals surface area contributed by atoms with E-state index in [1.54, 1.807) is 42.3 Å². The largest absolute Gasteiger partial charge is 0.492 e. The first kappa shape index (κ1) is 17.0. The molecule has 1 amide bonds. The van der Waals surface area contributed by atoms with Crippen LogP contribution >= 0.6 is 11.6 Å². The van der Waals surface area contributed by atoms with Crippen LogP contribution < -0.4 is 4.74 Å². The van der Waals surface area contributed by atoms with Crippen molar-refractivity contribution in [1.29, 1.82) is 0 Å². The van der Waals surface area contributed by atoms with Gasteiger partial charge in [0, 0.05) is 24.2 Å². The van der Waals surface area contributed by atoms with Gasteiger partial charge in [-0.1, -0.05) is 23.7 Å². The van der Waals surface area contributed by atoms with Crippen LogP contribution in [0.4, 0.5) is 0 Å². The number of rotatable bonds is 6. The highest BCUT2D eigenvalue weighted by atomic mass is 35.5. The number of benzene rings is 2. The Labute approximate surface area is 150 Å². The molecular formula is C19H17ClN2O3. The summed E-state index contributed by atoms with van der Waals surface area (Å²) in [6, 6.07) is 14.6. The van der Waals surface area contributed by atoms with Gasteiger partial charge in [-0.15, -0.1) is 0 Å². The van der Waals surface area contributed by atoms with E-state index in [0.29, 0.717) is 35.4 Å². The Balaban J connectivity index is 1.50. The fraction of sp³-hybridized carbons (Fsp3) is 0.158. The first-order valence-corrected chi connectivity index (χ1v) is 8.17. The molecule has 3 aromatic rings. The zero-order valence-corrected chi connectivity index (χ0v) is 14.4. The highest BCUT2D eigenvalue weighted by Gasteiger charge is 2.07. The minimum absolute atomic E-state index is 0.151. The summed E-state index contributed by atoms with van der Waals surface area (Å²) < 4.78 is 11.1. The van der Waals surface area contributed by atoms with Crippen molar-refractivity contribution in [2.45, 2.75) is 0 Å². The number of aromatic nitrogens is 1. The molecule has 128 valence electrons. The molecule has 1 aromatic heterocycles. The Morgan fingerprint density at radius 3 is 2.76 bits per heavy atom. The summed E-state index contributed by atoms with van der Waals surface area (Å²) in [5.74, 6) is 0.967. The SMILES string of the molecule is CN(CCOc1ccc(Cl)cc1)C(=O)/C=C/c1nc2ccccc2o1. The third kappa shape index (κ3) is 4.61. The van der Waals surface area contributed by atoms with E-state index in [-0.39, 0.29) is 5.91 Å². The molecule has 3 rings (SSSR count). The predicted molar refractivity (Wildman–Crippen MR) is 97.6 cm³/mol. The molecule has 0 radical (unpaired) electrons. The van der Waals surface area contributed by atoms with E-state index in [0.717, 1.165) is 5.52 Å². The molecule has 25 heavy (non-hydrogen) atoms. The lowest BCUT2D eigenvalue weighted by atomic mass is 10.3. The quantitative estimate of drug-likeness (QED) is 0.626. The van der Waals surface area contributed by atoms with Gasteiger partial charge in [0.15, 0.2) is 5.58 Å². The number of fused-ring (bicyclic) bond motifs is 1. The van der Waals surface area contributed by atoms with Gasteiger partial charge in [0.05, 0.1) is 6.54 Å². The topological polar surface area (TPSA) is 55.6 Å². The lowest BCUT2D eigenvalue weighted by molar-refractivity contribution is -0.125. The summed E-state index contributed by atoms with van der Waals surface area (Å²) in [6.07, 6.45) is 3.01. The second kappa shape index (κ2) is 7.85. The smallest absolute Gasteiger partial charge is 0.246 e. The standard InChI is InChI=1S/C19H17ClN2O3/c1-22(12-13-24-15-8-6-14(20)7-9-15)19(23)11-10-18-21-16-4-2-3-5-17(16)25-18/h2-11H,12-13H2,1H3/b11-10+. The summed E-state index contributed by atoms with van der Waals surface area (Å²) >= 11 is 5.82. The molecule has 0 fully saturated rings. The number of ether oxygens (including phenoxy) is 1. The van der Waals surface area contributed by atoms with Gasteiger partial charge in [-0.05, 0) is 36.4 Å². The van der Waals surface area contributed by atoms with Gasteiger partial charge in [0.25, 0.3) is 0 Å². The Kier molecular flexibility index (Phi) is 5.36. The summed E-state index contributed by atoms with van der Waals surface area (Å²) in [5, 5.41) is 0.656.